The van der Waals surface area contributed by atoms with Gasteiger partial charge in [-0.1, -0.05) is 118 Å². The molecule has 254 valence electrons. The van der Waals surface area contributed by atoms with Crippen molar-refractivity contribution in [1.29, 1.82) is 0 Å². The fourth-order valence-electron chi connectivity index (χ4n) is 7.79. The van der Waals surface area contributed by atoms with Crippen LogP contribution in [-0.2, 0) is 5.41 Å². The van der Waals surface area contributed by atoms with Crippen LogP contribution in [0.25, 0.3) is 77.5 Å². The Labute approximate surface area is 307 Å². The summed E-state index contributed by atoms with van der Waals surface area (Å²) in [5.41, 5.74) is 10.5. The highest BCUT2D eigenvalue weighted by Gasteiger charge is 2.22. The first-order valence-corrected chi connectivity index (χ1v) is 18.1. The summed E-state index contributed by atoms with van der Waals surface area (Å²) < 4.78 is 11.3. The lowest BCUT2D eigenvalue weighted by Gasteiger charge is -2.19. The smallest absolute Gasteiger partial charge is 0.146 e. The third-order valence-electron chi connectivity index (χ3n) is 10.3. The molecule has 4 aromatic heterocycles. The minimum Gasteiger partial charge on any atom is -0.457 e. The largest absolute Gasteiger partial charge is 0.457 e. The van der Waals surface area contributed by atoms with E-state index in [9.17, 15) is 0 Å². The van der Waals surface area contributed by atoms with Crippen LogP contribution in [0, 0.1) is 0 Å². The molecule has 0 aliphatic heterocycles. The van der Waals surface area contributed by atoms with Crippen molar-refractivity contribution in [1.82, 2.24) is 18.9 Å². The fraction of sp³-hybridized carbons (Fsp3) is 0.0833. The Hall–Kier alpha value is -6.72. The third kappa shape index (κ3) is 5.07. The molecule has 0 spiro atoms. The number of benzene rings is 6. The number of nitrogens with zero attached hydrogens (tertiary/aromatic N) is 4. The summed E-state index contributed by atoms with van der Waals surface area (Å²) in [6, 6.07) is 55.2. The van der Waals surface area contributed by atoms with Gasteiger partial charge in [0.15, 0.2) is 0 Å². The van der Waals surface area contributed by atoms with Crippen LogP contribution in [0.4, 0.5) is 0 Å². The van der Waals surface area contributed by atoms with E-state index in [1.807, 2.05) is 24.4 Å². The predicted octanol–water partition coefficient (Wildman–Crippen LogP) is 12.6. The number of para-hydroxylation sites is 1. The third-order valence-corrected chi connectivity index (χ3v) is 10.3. The topological polar surface area (TPSA) is 44.4 Å². The average Bonchev–Trinajstić information content (AvgIpc) is 3.76. The first-order valence-electron chi connectivity index (χ1n) is 18.1. The first-order chi connectivity index (χ1) is 25.9. The number of hydrogen-bond donors (Lipinski definition) is 0. The molecule has 0 aliphatic rings. The van der Waals surface area contributed by atoms with E-state index in [1.54, 1.807) is 0 Å². The quantitative estimate of drug-likeness (QED) is 0.170. The summed E-state index contributed by atoms with van der Waals surface area (Å²) in [4.78, 5) is 10.3. The number of hydrogen-bond acceptors (Lipinski definition) is 3. The van der Waals surface area contributed by atoms with Crippen molar-refractivity contribution in [2.75, 3.05) is 0 Å². The van der Waals surface area contributed by atoms with Gasteiger partial charge in [-0.2, -0.15) is 0 Å². The minimum absolute atomic E-state index is 0.0132. The van der Waals surface area contributed by atoms with Gasteiger partial charge in [0.1, 0.15) is 22.8 Å². The molecule has 0 radical (unpaired) electrons. The van der Waals surface area contributed by atoms with Gasteiger partial charge >= 0.3 is 0 Å². The van der Waals surface area contributed by atoms with E-state index in [1.165, 1.54) is 10.9 Å². The average molecular weight is 685 g/mol. The Kier molecular flexibility index (Phi) is 6.99. The maximum atomic E-state index is 6.72. The maximum Gasteiger partial charge on any atom is 0.146 e. The standard InChI is InChI=1S/C48H36N4O/c1-48(2,3)33-23-25-39-40-21-13-27-49-46(40)51(43(39)28-33)34-18-12-19-35(29-34)53-36-24-26-37-38-20-10-11-22-42(38)52-45(32-16-8-5-9-17-32)44(31-14-6-4-7-15-31)50-47(52)41(37)30-36/h4-30H,1-3H3. The molecule has 53 heavy (non-hydrogen) atoms. The van der Waals surface area contributed by atoms with Gasteiger partial charge in [0.25, 0.3) is 0 Å². The van der Waals surface area contributed by atoms with Crippen LogP contribution in [0.15, 0.2) is 164 Å². The highest BCUT2D eigenvalue weighted by atomic mass is 16.5. The molecule has 0 aliphatic carbocycles. The van der Waals surface area contributed by atoms with Gasteiger partial charge in [-0.25, -0.2) is 9.97 Å². The van der Waals surface area contributed by atoms with Gasteiger partial charge in [0.2, 0.25) is 0 Å². The van der Waals surface area contributed by atoms with E-state index in [4.69, 9.17) is 14.7 Å². The SMILES string of the molecule is CC(C)(C)c1ccc2c3cccnc3n(-c3cccc(Oc4ccc5c6ccccc6n6c(-c7ccccc7)c(-c7ccccc7)nc6c5c4)c3)c2c1. The molecule has 10 aromatic rings. The molecule has 0 unspecified atom stereocenters. The molecular formula is C48H36N4O. The van der Waals surface area contributed by atoms with Crippen LogP contribution in [0.3, 0.4) is 0 Å². The normalized spacial score (nSPS) is 12.1. The summed E-state index contributed by atoms with van der Waals surface area (Å²) >= 11 is 0. The molecular weight excluding hydrogens is 649 g/mol. The van der Waals surface area contributed by atoms with Crippen LogP contribution in [0.2, 0.25) is 0 Å². The molecule has 0 N–H and O–H groups in total. The van der Waals surface area contributed by atoms with Crippen LogP contribution < -0.4 is 4.74 Å². The lowest BCUT2D eigenvalue weighted by molar-refractivity contribution is 0.483. The second-order valence-corrected chi connectivity index (χ2v) is 14.7. The number of fused-ring (bicyclic) bond motifs is 9. The zero-order valence-electron chi connectivity index (χ0n) is 29.8. The Morgan fingerprint density at radius 3 is 2.02 bits per heavy atom. The van der Waals surface area contributed by atoms with Crippen molar-refractivity contribution in [3.8, 4) is 39.7 Å². The lowest BCUT2D eigenvalue weighted by atomic mass is 9.86. The van der Waals surface area contributed by atoms with E-state index in [0.717, 1.165) is 83.6 Å². The van der Waals surface area contributed by atoms with Gasteiger partial charge in [-0.15, -0.1) is 0 Å². The number of ether oxygens (including phenoxy) is 1. The van der Waals surface area contributed by atoms with Gasteiger partial charge < -0.3 is 4.74 Å². The second kappa shape index (κ2) is 11.9. The van der Waals surface area contributed by atoms with Crippen molar-refractivity contribution in [2.24, 2.45) is 0 Å². The summed E-state index contributed by atoms with van der Waals surface area (Å²) in [6.07, 6.45) is 1.87. The van der Waals surface area contributed by atoms with E-state index < -0.39 is 0 Å². The maximum absolute atomic E-state index is 6.72. The molecule has 4 heterocycles. The molecule has 0 saturated heterocycles. The van der Waals surface area contributed by atoms with Crippen molar-refractivity contribution >= 4 is 49.3 Å². The lowest BCUT2D eigenvalue weighted by Crippen LogP contribution is -2.10. The fourth-order valence-corrected chi connectivity index (χ4v) is 7.79. The Bertz CT molecular complexity index is 3010. The molecule has 0 saturated carbocycles. The number of imidazole rings is 1. The number of aromatic nitrogens is 4. The van der Waals surface area contributed by atoms with Gasteiger partial charge in [0.05, 0.1) is 28.1 Å². The molecule has 5 nitrogen and oxygen atoms in total. The molecule has 0 atom stereocenters. The molecule has 5 heteroatoms. The molecule has 10 rings (SSSR count). The van der Waals surface area contributed by atoms with E-state index in [2.05, 4.69) is 169 Å². The zero-order chi connectivity index (χ0) is 35.7. The molecule has 0 amide bonds. The van der Waals surface area contributed by atoms with Crippen LogP contribution in [-0.4, -0.2) is 18.9 Å². The molecule has 6 aromatic carbocycles. The minimum atomic E-state index is 0.0132. The monoisotopic (exact) mass is 684 g/mol. The second-order valence-electron chi connectivity index (χ2n) is 14.7. The summed E-state index contributed by atoms with van der Waals surface area (Å²) in [5.74, 6) is 1.49. The van der Waals surface area contributed by atoms with E-state index >= 15 is 0 Å². The van der Waals surface area contributed by atoms with E-state index in [-0.39, 0.29) is 5.41 Å². The summed E-state index contributed by atoms with van der Waals surface area (Å²) in [7, 11) is 0. The van der Waals surface area contributed by atoms with Gasteiger partial charge in [-0.3, -0.25) is 8.97 Å². The van der Waals surface area contributed by atoms with Gasteiger partial charge in [0, 0.05) is 44.9 Å². The van der Waals surface area contributed by atoms with Crippen LogP contribution >= 0.6 is 0 Å². The molecule has 0 bridgehead atoms. The van der Waals surface area contributed by atoms with Crippen molar-refractivity contribution in [3.63, 3.8) is 0 Å². The number of rotatable bonds is 5. The van der Waals surface area contributed by atoms with Crippen LogP contribution in [0.1, 0.15) is 26.3 Å². The Balaban J connectivity index is 1.15. The first kappa shape index (κ1) is 31.1. The van der Waals surface area contributed by atoms with Crippen molar-refractivity contribution in [2.45, 2.75) is 26.2 Å². The highest BCUT2D eigenvalue weighted by molar-refractivity contribution is 6.13. The van der Waals surface area contributed by atoms with Crippen molar-refractivity contribution in [3.05, 3.63) is 169 Å². The summed E-state index contributed by atoms with van der Waals surface area (Å²) in [6.45, 7) is 6.76. The van der Waals surface area contributed by atoms with E-state index in [0.29, 0.717) is 0 Å². The van der Waals surface area contributed by atoms with Gasteiger partial charge in [-0.05, 0) is 71.0 Å². The van der Waals surface area contributed by atoms with Crippen molar-refractivity contribution < 1.29 is 4.74 Å². The predicted molar refractivity (Wildman–Crippen MR) is 218 cm³/mol. The number of pyridine rings is 2. The Morgan fingerprint density at radius 1 is 0.509 bits per heavy atom. The zero-order valence-corrected chi connectivity index (χ0v) is 29.8. The molecule has 0 fully saturated rings. The van der Waals surface area contributed by atoms with Crippen LogP contribution in [0.5, 0.6) is 11.5 Å². The summed E-state index contributed by atoms with van der Waals surface area (Å²) in [5, 5.41) is 5.63. The highest BCUT2D eigenvalue weighted by Crippen LogP contribution is 2.41. The Morgan fingerprint density at radius 2 is 1.21 bits per heavy atom.